The number of amides is 1. The van der Waals surface area contributed by atoms with Crippen molar-refractivity contribution in [2.24, 2.45) is 5.92 Å². The van der Waals surface area contributed by atoms with E-state index in [2.05, 4.69) is 15.2 Å². The SMILES string of the molecule is CC(=O)c1csc2cnc(C(=O)N[C@@H]3C[C@H]4CCN(C4)C3)cc12. The summed E-state index contributed by atoms with van der Waals surface area (Å²) in [5, 5.41) is 5.78. The summed E-state index contributed by atoms with van der Waals surface area (Å²) in [5.74, 6) is 0.594. The monoisotopic (exact) mass is 329 g/mol. The minimum absolute atomic E-state index is 0.0189. The van der Waals surface area contributed by atoms with Crippen LogP contribution in [-0.2, 0) is 0 Å². The molecule has 2 aromatic heterocycles. The number of piperidine rings is 1. The zero-order valence-electron chi connectivity index (χ0n) is 13.0. The van der Waals surface area contributed by atoms with Crippen LogP contribution in [0.25, 0.3) is 10.1 Å². The lowest BCUT2D eigenvalue weighted by Crippen LogP contribution is -2.47. The summed E-state index contributed by atoms with van der Waals surface area (Å²) in [6.07, 6.45) is 3.99. The number of hydrogen-bond acceptors (Lipinski definition) is 5. The smallest absolute Gasteiger partial charge is 0.270 e. The molecule has 2 bridgehead atoms. The third-order valence-corrected chi connectivity index (χ3v) is 5.81. The van der Waals surface area contributed by atoms with Gasteiger partial charge in [0, 0.05) is 41.7 Å². The van der Waals surface area contributed by atoms with Crippen LogP contribution in [-0.4, -0.2) is 47.3 Å². The molecule has 1 N–H and O–H groups in total. The van der Waals surface area contributed by atoms with Gasteiger partial charge in [0.2, 0.25) is 0 Å². The van der Waals surface area contributed by atoms with Crippen LogP contribution in [0.2, 0.25) is 0 Å². The molecule has 120 valence electrons. The first-order valence-electron chi connectivity index (χ1n) is 8.01. The van der Waals surface area contributed by atoms with Gasteiger partial charge in [-0.1, -0.05) is 0 Å². The lowest BCUT2D eigenvalue weighted by molar-refractivity contribution is 0.0903. The molecule has 4 rings (SSSR count). The van der Waals surface area contributed by atoms with E-state index in [1.54, 1.807) is 19.2 Å². The van der Waals surface area contributed by atoms with E-state index in [-0.39, 0.29) is 17.7 Å². The molecule has 2 aliphatic heterocycles. The van der Waals surface area contributed by atoms with Crippen LogP contribution in [0.5, 0.6) is 0 Å². The highest BCUT2D eigenvalue weighted by molar-refractivity contribution is 7.17. The normalized spacial score (nSPS) is 26.4. The average Bonchev–Trinajstić information content (AvgIpc) is 3.09. The summed E-state index contributed by atoms with van der Waals surface area (Å²) >= 11 is 1.49. The number of ketones is 1. The molecule has 2 saturated heterocycles. The van der Waals surface area contributed by atoms with Crippen LogP contribution < -0.4 is 5.32 Å². The van der Waals surface area contributed by atoms with Crippen molar-refractivity contribution < 1.29 is 9.59 Å². The number of Topliss-reactive ketones (excluding diaryl/α,β-unsaturated/α-hetero) is 1. The van der Waals surface area contributed by atoms with Gasteiger partial charge in [0.05, 0.1) is 4.70 Å². The molecule has 6 heteroatoms. The van der Waals surface area contributed by atoms with Gasteiger partial charge in [0.1, 0.15) is 5.69 Å². The van der Waals surface area contributed by atoms with Gasteiger partial charge >= 0.3 is 0 Å². The van der Waals surface area contributed by atoms with Gasteiger partial charge in [-0.25, -0.2) is 4.98 Å². The fourth-order valence-electron chi connectivity index (χ4n) is 3.75. The molecule has 5 nitrogen and oxygen atoms in total. The first-order chi connectivity index (χ1) is 11.1. The molecule has 0 saturated carbocycles. The fraction of sp³-hybridized carbons (Fsp3) is 0.471. The number of carbonyl (C=O) groups excluding carboxylic acids is 2. The molecule has 0 spiro atoms. The van der Waals surface area contributed by atoms with Gasteiger partial charge in [-0.15, -0.1) is 11.3 Å². The van der Waals surface area contributed by atoms with Gasteiger partial charge in [-0.05, 0) is 38.3 Å². The van der Waals surface area contributed by atoms with Gasteiger partial charge in [0.25, 0.3) is 5.91 Å². The second-order valence-electron chi connectivity index (χ2n) is 6.59. The number of rotatable bonds is 3. The van der Waals surface area contributed by atoms with Crippen LogP contribution >= 0.6 is 11.3 Å². The van der Waals surface area contributed by atoms with E-state index in [0.717, 1.165) is 29.6 Å². The lowest BCUT2D eigenvalue weighted by Gasteiger charge is -2.30. The maximum Gasteiger partial charge on any atom is 0.270 e. The highest BCUT2D eigenvalue weighted by Gasteiger charge is 2.33. The fourth-order valence-corrected chi connectivity index (χ4v) is 4.70. The summed E-state index contributed by atoms with van der Waals surface area (Å²) in [6.45, 7) is 4.81. The first kappa shape index (κ1) is 14.8. The van der Waals surface area contributed by atoms with Crippen LogP contribution in [0.15, 0.2) is 17.6 Å². The zero-order chi connectivity index (χ0) is 16.0. The second-order valence-corrected chi connectivity index (χ2v) is 7.50. The third kappa shape index (κ3) is 2.77. The van der Waals surface area contributed by atoms with Gasteiger partial charge in [0.15, 0.2) is 5.78 Å². The molecule has 3 atom stereocenters. The Hall–Kier alpha value is -1.79. The standard InChI is InChI=1S/C17H19N3O2S/c1-10(21)14-9-23-16-6-18-15(5-13(14)16)17(22)19-12-4-11-2-3-20(7-11)8-12/h5-6,9,11-12H,2-4,7-8H2,1H3,(H,19,22)/t11-,12-/m1/s1. The Morgan fingerprint density at radius 1 is 1.39 bits per heavy atom. The molecule has 2 fully saturated rings. The molecule has 0 aromatic carbocycles. The van der Waals surface area contributed by atoms with E-state index in [1.807, 2.05) is 5.38 Å². The first-order valence-corrected chi connectivity index (χ1v) is 8.89. The number of nitrogens with zero attached hydrogens (tertiary/aromatic N) is 2. The molecular formula is C17H19N3O2S. The number of carbonyl (C=O) groups is 2. The molecule has 2 aliphatic rings. The van der Waals surface area contributed by atoms with Crippen LogP contribution in [0.4, 0.5) is 0 Å². The van der Waals surface area contributed by atoms with Crippen molar-refractivity contribution in [1.29, 1.82) is 0 Å². The van der Waals surface area contributed by atoms with Crippen LogP contribution in [0.3, 0.4) is 0 Å². The minimum Gasteiger partial charge on any atom is -0.347 e. The number of hydrogen-bond donors (Lipinski definition) is 1. The van der Waals surface area contributed by atoms with Crippen molar-refractivity contribution in [2.75, 3.05) is 19.6 Å². The predicted octanol–water partition coefficient (Wildman–Crippen LogP) is 2.32. The number of pyridine rings is 1. The molecule has 23 heavy (non-hydrogen) atoms. The summed E-state index contributed by atoms with van der Waals surface area (Å²) in [7, 11) is 0. The van der Waals surface area contributed by atoms with Crippen molar-refractivity contribution in [3.63, 3.8) is 0 Å². The number of thiophene rings is 1. The van der Waals surface area contributed by atoms with E-state index in [0.29, 0.717) is 17.2 Å². The Labute approximate surface area is 138 Å². The maximum absolute atomic E-state index is 12.5. The van der Waals surface area contributed by atoms with Gasteiger partial charge < -0.3 is 10.2 Å². The number of fused-ring (bicyclic) bond motifs is 3. The van der Waals surface area contributed by atoms with Crippen molar-refractivity contribution in [1.82, 2.24) is 15.2 Å². The molecule has 1 unspecified atom stereocenters. The third-order valence-electron chi connectivity index (χ3n) is 4.87. The van der Waals surface area contributed by atoms with Crippen LogP contribution in [0, 0.1) is 5.92 Å². The summed E-state index contributed by atoms with van der Waals surface area (Å²) in [6, 6.07) is 1.95. The molecular weight excluding hydrogens is 310 g/mol. The number of aromatic nitrogens is 1. The highest BCUT2D eigenvalue weighted by Crippen LogP contribution is 2.28. The lowest BCUT2D eigenvalue weighted by atomic mass is 9.97. The molecule has 1 amide bonds. The Balaban J connectivity index is 1.55. The quantitative estimate of drug-likeness (QED) is 0.878. The predicted molar refractivity (Wildman–Crippen MR) is 90.0 cm³/mol. The highest BCUT2D eigenvalue weighted by atomic mass is 32.1. The van der Waals surface area contributed by atoms with Crippen molar-refractivity contribution >= 4 is 33.1 Å². The van der Waals surface area contributed by atoms with E-state index in [9.17, 15) is 9.59 Å². The van der Waals surface area contributed by atoms with Crippen molar-refractivity contribution in [3.05, 3.63) is 28.9 Å². The van der Waals surface area contributed by atoms with E-state index in [1.165, 1.54) is 24.3 Å². The molecule has 4 heterocycles. The van der Waals surface area contributed by atoms with Gasteiger partial charge in [-0.3, -0.25) is 9.59 Å². The summed E-state index contributed by atoms with van der Waals surface area (Å²) in [5.41, 5.74) is 1.06. The maximum atomic E-state index is 12.5. The zero-order valence-corrected chi connectivity index (χ0v) is 13.9. The second kappa shape index (κ2) is 5.69. The van der Waals surface area contributed by atoms with Crippen molar-refractivity contribution in [2.45, 2.75) is 25.8 Å². The van der Waals surface area contributed by atoms with Crippen LogP contribution in [0.1, 0.15) is 40.6 Å². The van der Waals surface area contributed by atoms with E-state index < -0.39 is 0 Å². The largest absolute Gasteiger partial charge is 0.347 e. The molecule has 0 radical (unpaired) electrons. The summed E-state index contributed by atoms with van der Waals surface area (Å²) in [4.78, 5) is 30.9. The average molecular weight is 329 g/mol. The topological polar surface area (TPSA) is 62.3 Å². The molecule has 0 aliphatic carbocycles. The Morgan fingerprint density at radius 3 is 3.04 bits per heavy atom. The minimum atomic E-state index is -0.139. The van der Waals surface area contributed by atoms with E-state index in [4.69, 9.17) is 0 Å². The molecule has 2 aromatic rings. The summed E-state index contributed by atoms with van der Waals surface area (Å²) < 4.78 is 0.938. The Morgan fingerprint density at radius 2 is 2.26 bits per heavy atom. The van der Waals surface area contributed by atoms with E-state index >= 15 is 0 Å². The number of nitrogens with one attached hydrogen (secondary N) is 1. The Bertz CT molecular complexity index is 773. The van der Waals surface area contributed by atoms with Gasteiger partial charge in [-0.2, -0.15) is 0 Å². The van der Waals surface area contributed by atoms with Crippen molar-refractivity contribution in [3.8, 4) is 0 Å². The Kier molecular flexibility index (Phi) is 3.66.